The summed E-state index contributed by atoms with van der Waals surface area (Å²) in [6, 6.07) is 1.08. The Morgan fingerprint density at radius 2 is 1.63 bits per heavy atom. The number of amides is 1. The van der Waals surface area contributed by atoms with Gasteiger partial charge in [0.2, 0.25) is 5.91 Å². The van der Waals surface area contributed by atoms with Crippen LogP contribution in [0.3, 0.4) is 0 Å². The van der Waals surface area contributed by atoms with Gasteiger partial charge < -0.3 is 10.6 Å². The summed E-state index contributed by atoms with van der Waals surface area (Å²) in [6.45, 7) is 2.68. The van der Waals surface area contributed by atoms with Crippen LogP contribution in [0.1, 0.15) is 51.4 Å². The molecule has 1 aliphatic carbocycles. The van der Waals surface area contributed by atoms with Crippen molar-refractivity contribution in [2.24, 2.45) is 0 Å². The number of hydrogen-bond donors (Lipinski definition) is 2. The molecule has 0 spiro atoms. The summed E-state index contributed by atoms with van der Waals surface area (Å²) in [5.74, 6) is 0.231. The van der Waals surface area contributed by atoms with E-state index in [1.54, 1.807) is 0 Å². The molecule has 1 amide bonds. The highest BCUT2D eigenvalue weighted by Crippen LogP contribution is 2.17. The van der Waals surface area contributed by atoms with Crippen LogP contribution >= 0.6 is 0 Å². The molecule has 19 heavy (non-hydrogen) atoms. The second kappa shape index (κ2) is 7.85. The summed E-state index contributed by atoms with van der Waals surface area (Å²) < 4.78 is 0. The van der Waals surface area contributed by atoms with E-state index in [2.05, 4.69) is 15.5 Å². The van der Waals surface area contributed by atoms with Gasteiger partial charge in [0.15, 0.2) is 0 Å². The maximum atomic E-state index is 12.1. The molecule has 1 saturated carbocycles. The predicted molar refractivity (Wildman–Crippen MR) is 78.2 cm³/mol. The fraction of sp³-hybridized carbons (Fsp3) is 0.933. The van der Waals surface area contributed by atoms with Gasteiger partial charge in [-0.25, -0.2) is 0 Å². The number of nitrogens with zero attached hydrogens (tertiary/aromatic N) is 1. The van der Waals surface area contributed by atoms with Gasteiger partial charge in [0, 0.05) is 25.2 Å². The van der Waals surface area contributed by atoms with Crippen LogP contribution in [0.4, 0.5) is 0 Å². The van der Waals surface area contributed by atoms with Gasteiger partial charge in [-0.2, -0.15) is 0 Å². The molecule has 0 radical (unpaired) electrons. The highest BCUT2D eigenvalue weighted by Gasteiger charge is 2.21. The van der Waals surface area contributed by atoms with E-state index in [0.717, 1.165) is 25.9 Å². The summed E-state index contributed by atoms with van der Waals surface area (Å²) in [4.78, 5) is 14.4. The lowest BCUT2D eigenvalue weighted by Crippen LogP contribution is -2.47. The summed E-state index contributed by atoms with van der Waals surface area (Å²) in [5.41, 5.74) is 0. The molecule has 2 rings (SSSR count). The van der Waals surface area contributed by atoms with Gasteiger partial charge in [0.05, 0.1) is 6.54 Å². The van der Waals surface area contributed by atoms with Crippen molar-refractivity contribution in [1.29, 1.82) is 0 Å². The number of nitrogens with one attached hydrogen (secondary N) is 2. The molecular formula is C15H29N3O. The van der Waals surface area contributed by atoms with Crippen LogP contribution in [0, 0.1) is 0 Å². The van der Waals surface area contributed by atoms with E-state index in [1.807, 2.05) is 7.05 Å². The lowest BCUT2D eigenvalue weighted by molar-refractivity contribution is -0.123. The van der Waals surface area contributed by atoms with Gasteiger partial charge in [0.25, 0.3) is 0 Å². The van der Waals surface area contributed by atoms with Gasteiger partial charge in [0.1, 0.15) is 0 Å². The Kier molecular flexibility index (Phi) is 6.11. The Morgan fingerprint density at radius 1 is 1.00 bits per heavy atom. The first-order chi connectivity index (χ1) is 9.28. The normalized spacial score (nSPS) is 24.1. The monoisotopic (exact) mass is 267 g/mol. The molecule has 0 atom stereocenters. The molecule has 1 aliphatic heterocycles. The third-order valence-corrected chi connectivity index (χ3v) is 4.58. The Labute approximate surface area is 117 Å². The Balaban J connectivity index is 1.66. The molecule has 0 aromatic heterocycles. The minimum absolute atomic E-state index is 0.231. The molecule has 4 nitrogen and oxygen atoms in total. The van der Waals surface area contributed by atoms with Gasteiger partial charge in [-0.15, -0.1) is 0 Å². The zero-order chi connectivity index (χ0) is 13.5. The highest BCUT2D eigenvalue weighted by molar-refractivity contribution is 5.78. The maximum absolute atomic E-state index is 12.1. The molecule has 1 saturated heterocycles. The summed E-state index contributed by atoms with van der Waals surface area (Å²) in [5, 5.41) is 6.56. The van der Waals surface area contributed by atoms with E-state index in [4.69, 9.17) is 0 Å². The number of hydrogen-bond acceptors (Lipinski definition) is 3. The number of likely N-dealkylation sites (tertiary alicyclic amines) is 1. The van der Waals surface area contributed by atoms with Crippen LogP contribution in [0.15, 0.2) is 0 Å². The standard InChI is InChI=1S/C15H29N3O/c1-16-13-8-10-18(11-9-13)12-15(19)17-14-6-4-2-3-5-7-14/h13-14,16H,2-12H2,1H3,(H,17,19). The molecule has 0 bridgehead atoms. The fourth-order valence-corrected chi connectivity index (χ4v) is 3.28. The van der Waals surface area contributed by atoms with Crippen LogP contribution in [-0.4, -0.2) is 49.6 Å². The molecule has 110 valence electrons. The first-order valence-corrected chi connectivity index (χ1v) is 7.97. The van der Waals surface area contributed by atoms with Crippen LogP contribution in [0.25, 0.3) is 0 Å². The third kappa shape index (κ3) is 5.11. The Bertz CT molecular complexity index is 267. The smallest absolute Gasteiger partial charge is 0.234 e. The van der Waals surface area contributed by atoms with Gasteiger partial charge >= 0.3 is 0 Å². The fourth-order valence-electron chi connectivity index (χ4n) is 3.28. The number of carbonyl (C=O) groups is 1. The molecule has 4 heteroatoms. The third-order valence-electron chi connectivity index (χ3n) is 4.58. The molecule has 0 unspecified atom stereocenters. The summed E-state index contributed by atoms with van der Waals surface area (Å²) in [7, 11) is 2.03. The van der Waals surface area contributed by atoms with E-state index in [1.165, 1.54) is 38.5 Å². The predicted octanol–water partition coefficient (Wildman–Crippen LogP) is 1.51. The average molecular weight is 267 g/mol. The van der Waals surface area contributed by atoms with Crippen molar-refractivity contribution in [3.05, 3.63) is 0 Å². The van der Waals surface area contributed by atoms with Crippen molar-refractivity contribution >= 4 is 5.91 Å². The van der Waals surface area contributed by atoms with Crippen molar-refractivity contribution in [1.82, 2.24) is 15.5 Å². The van der Waals surface area contributed by atoms with Crippen molar-refractivity contribution < 1.29 is 4.79 Å². The Morgan fingerprint density at radius 3 is 2.21 bits per heavy atom. The quantitative estimate of drug-likeness (QED) is 0.759. The van der Waals surface area contributed by atoms with Crippen LogP contribution in [0.2, 0.25) is 0 Å². The SMILES string of the molecule is CNC1CCN(CC(=O)NC2CCCCCC2)CC1. The minimum atomic E-state index is 0.231. The molecule has 2 aliphatic rings. The molecule has 1 heterocycles. The second-order valence-electron chi connectivity index (χ2n) is 6.10. The van der Waals surface area contributed by atoms with E-state index in [-0.39, 0.29) is 5.91 Å². The highest BCUT2D eigenvalue weighted by atomic mass is 16.2. The number of piperidine rings is 1. The van der Waals surface area contributed by atoms with E-state index < -0.39 is 0 Å². The number of rotatable bonds is 4. The molecule has 2 N–H and O–H groups in total. The van der Waals surface area contributed by atoms with Gasteiger partial charge in [-0.1, -0.05) is 25.7 Å². The van der Waals surface area contributed by atoms with Crippen LogP contribution in [-0.2, 0) is 4.79 Å². The van der Waals surface area contributed by atoms with Gasteiger partial charge in [-0.3, -0.25) is 9.69 Å². The van der Waals surface area contributed by atoms with E-state index in [9.17, 15) is 4.79 Å². The van der Waals surface area contributed by atoms with E-state index in [0.29, 0.717) is 18.6 Å². The Hall–Kier alpha value is -0.610. The molecular weight excluding hydrogens is 238 g/mol. The first-order valence-electron chi connectivity index (χ1n) is 7.97. The second-order valence-corrected chi connectivity index (χ2v) is 6.10. The maximum Gasteiger partial charge on any atom is 0.234 e. The molecule has 0 aromatic rings. The van der Waals surface area contributed by atoms with Crippen molar-refractivity contribution in [2.75, 3.05) is 26.7 Å². The van der Waals surface area contributed by atoms with Crippen LogP contribution < -0.4 is 10.6 Å². The zero-order valence-corrected chi connectivity index (χ0v) is 12.3. The van der Waals surface area contributed by atoms with Gasteiger partial charge in [-0.05, 0) is 32.7 Å². The zero-order valence-electron chi connectivity index (χ0n) is 12.3. The molecule has 2 fully saturated rings. The number of carbonyl (C=O) groups excluding carboxylic acids is 1. The summed E-state index contributed by atoms with van der Waals surface area (Å²) >= 11 is 0. The minimum Gasteiger partial charge on any atom is -0.352 e. The average Bonchev–Trinajstić information content (AvgIpc) is 2.68. The lowest BCUT2D eigenvalue weighted by atomic mass is 10.1. The van der Waals surface area contributed by atoms with Crippen LogP contribution in [0.5, 0.6) is 0 Å². The molecule has 0 aromatic carbocycles. The van der Waals surface area contributed by atoms with Crippen molar-refractivity contribution in [3.63, 3.8) is 0 Å². The van der Waals surface area contributed by atoms with Crippen molar-refractivity contribution in [3.8, 4) is 0 Å². The lowest BCUT2D eigenvalue weighted by Gasteiger charge is -2.31. The van der Waals surface area contributed by atoms with E-state index >= 15 is 0 Å². The summed E-state index contributed by atoms with van der Waals surface area (Å²) in [6.07, 6.45) is 9.90. The first kappa shape index (κ1) is 14.8. The largest absolute Gasteiger partial charge is 0.352 e. The van der Waals surface area contributed by atoms with Crippen molar-refractivity contribution in [2.45, 2.75) is 63.5 Å². The topological polar surface area (TPSA) is 44.4 Å².